The van der Waals surface area contributed by atoms with Crippen LogP contribution in [0, 0.1) is 25.2 Å². The number of benzene rings is 2. The number of carbonyl (C=O) groups excluding carboxylic acids is 1. The van der Waals surface area contributed by atoms with E-state index >= 15 is 0 Å². The van der Waals surface area contributed by atoms with Gasteiger partial charge in [-0.25, -0.2) is 0 Å². The van der Waals surface area contributed by atoms with Crippen molar-refractivity contribution >= 4 is 17.7 Å². The number of nitriles is 1. The molecule has 0 aliphatic carbocycles. The van der Waals surface area contributed by atoms with Crippen LogP contribution in [0.25, 0.3) is 6.08 Å². The lowest BCUT2D eigenvalue weighted by Crippen LogP contribution is -2.13. The van der Waals surface area contributed by atoms with Crippen LogP contribution >= 0.6 is 0 Å². The summed E-state index contributed by atoms with van der Waals surface area (Å²) in [6, 6.07) is 14.8. The molecule has 4 nitrogen and oxygen atoms in total. The van der Waals surface area contributed by atoms with Crippen LogP contribution in [-0.4, -0.2) is 13.0 Å². The summed E-state index contributed by atoms with van der Waals surface area (Å²) in [6.45, 7) is 3.98. The first-order valence-electron chi connectivity index (χ1n) is 7.18. The topological polar surface area (TPSA) is 62.1 Å². The molecule has 0 saturated heterocycles. The van der Waals surface area contributed by atoms with E-state index in [4.69, 9.17) is 4.74 Å². The summed E-state index contributed by atoms with van der Waals surface area (Å²) in [5.41, 5.74) is 3.67. The third kappa shape index (κ3) is 4.21. The van der Waals surface area contributed by atoms with Crippen molar-refractivity contribution in [3.63, 3.8) is 0 Å². The third-order valence-corrected chi connectivity index (χ3v) is 3.53. The van der Waals surface area contributed by atoms with E-state index in [0.29, 0.717) is 11.4 Å². The molecular formula is C19H18N2O2. The van der Waals surface area contributed by atoms with Crippen molar-refractivity contribution in [3.05, 3.63) is 64.7 Å². The molecule has 0 unspecified atom stereocenters. The van der Waals surface area contributed by atoms with Crippen LogP contribution in [0.4, 0.5) is 5.69 Å². The number of rotatable bonds is 4. The fourth-order valence-corrected chi connectivity index (χ4v) is 2.06. The van der Waals surface area contributed by atoms with Crippen LogP contribution < -0.4 is 10.1 Å². The molecule has 0 aromatic heterocycles. The molecule has 0 aliphatic heterocycles. The smallest absolute Gasteiger partial charge is 0.266 e. The number of nitrogens with one attached hydrogen (secondary N) is 1. The quantitative estimate of drug-likeness (QED) is 0.689. The maximum absolute atomic E-state index is 12.3. The molecule has 2 aromatic rings. The minimum atomic E-state index is -0.432. The summed E-state index contributed by atoms with van der Waals surface area (Å²) in [4.78, 5) is 12.3. The summed E-state index contributed by atoms with van der Waals surface area (Å²) in [6.07, 6.45) is 1.54. The molecule has 0 radical (unpaired) electrons. The lowest BCUT2D eigenvalue weighted by molar-refractivity contribution is -0.112. The number of anilines is 1. The van der Waals surface area contributed by atoms with Gasteiger partial charge in [0.15, 0.2) is 0 Å². The molecule has 0 fully saturated rings. The first-order chi connectivity index (χ1) is 11.0. The Morgan fingerprint density at radius 3 is 2.61 bits per heavy atom. The number of hydrogen-bond acceptors (Lipinski definition) is 3. The Morgan fingerprint density at radius 2 is 1.96 bits per heavy atom. The van der Waals surface area contributed by atoms with Gasteiger partial charge >= 0.3 is 0 Å². The summed E-state index contributed by atoms with van der Waals surface area (Å²) in [5, 5.41) is 12.0. The van der Waals surface area contributed by atoms with Gasteiger partial charge in [-0.3, -0.25) is 4.79 Å². The van der Waals surface area contributed by atoms with Gasteiger partial charge in [0.05, 0.1) is 7.11 Å². The van der Waals surface area contributed by atoms with Gasteiger partial charge in [0, 0.05) is 5.69 Å². The fraction of sp³-hybridized carbons (Fsp3) is 0.158. The number of aryl methyl sites for hydroxylation is 2. The van der Waals surface area contributed by atoms with Crippen molar-refractivity contribution < 1.29 is 9.53 Å². The zero-order valence-electron chi connectivity index (χ0n) is 13.4. The first-order valence-corrected chi connectivity index (χ1v) is 7.18. The molecule has 2 rings (SSSR count). The second-order valence-corrected chi connectivity index (χ2v) is 5.20. The number of hydrogen-bond donors (Lipinski definition) is 1. The van der Waals surface area contributed by atoms with Crippen LogP contribution in [0.1, 0.15) is 16.7 Å². The maximum Gasteiger partial charge on any atom is 0.266 e. The first kappa shape index (κ1) is 16.3. The zero-order chi connectivity index (χ0) is 16.8. The third-order valence-electron chi connectivity index (χ3n) is 3.53. The van der Waals surface area contributed by atoms with Gasteiger partial charge in [0.2, 0.25) is 0 Å². The molecule has 116 valence electrons. The summed E-state index contributed by atoms with van der Waals surface area (Å²) in [5.74, 6) is 0.240. The Hall–Kier alpha value is -3.06. The van der Waals surface area contributed by atoms with Crippen LogP contribution in [0.2, 0.25) is 0 Å². The number of carbonyl (C=O) groups is 1. The molecule has 1 amide bonds. The molecule has 0 heterocycles. The average Bonchev–Trinajstić information content (AvgIpc) is 2.56. The van der Waals surface area contributed by atoms with Crippen molar-refractivity contribution in [3.8, 4) is 11.8 Å². The molecule has 23 heavy (non-hydrogen) atoms. The second-order valence-electron chi connectivity index (χ2n) is 5.20. The van der Waals surface area contributed by atoms with E-state index in [9.17, 15) is 10.1 Å². The maximum atomic E-state index is 12.3. The van der Waals surface area contributed by atoms with Gasteiger partial charge in [-0.2, -0.15) is 5.26 Å². The lowest BCUT2D eigenvalue weighted by Gasteiger charge is -2.07. The molecule has 0 aliphatic rings. The predicted octanol–water partition coefficient (Wildman–Crippen LogP) is 3.86. The van der Waals surface area contributed by atoms with E-state index in [1.807, 2.05) is 44.2 Å². The van der Waals surface area contributed by atoms with E-state index in [1.165, 1.54) is 0 Å². The lowest BCUT2D eigenvalue weighted by atomic mass is 10.1. The van der Waals surface area contributed by atoms with E-state index in [0.717, 1.165) is 16.7 Å². The highest BCUT2D eigenvalue weighted by atomic mass is 16.5. The van der Waals surface area contributed by atoms with Gasteiger partial charge in [-0.1, -0.05) is 18.2 Å². The second kappa shape index (κ2) is 7.28. The largest absolute Gasteiger partial charge is 0.497 e. The van der Waals surface area contributed by atoms with Crippen LogP contribution in [0.3, 0.4) is 0 Å². The van der Waals surface area contributed by atoms with Gasteiger partial charge < -0.3 is 10.1 Å². The Morgan fingerprint density at radius 1 is 1.17 bits per heavy atom. The molecule has 0 spiro atoms. The van der Waals surface area contributed by atoms with Gasteiger partial charge in [-0.05, 0) is 60.9 Å². The molecule has 2 aromatic carbocycles. The number of ether oxygens (including phenoxy) is 1. The van der Waals surface area contributed by atoms with E-state index in [2.05, 4.69) is 5.32 Å². The molecule has 0 atom stereocenters. The van der Waals surface area contributed by atoms with Gasteiger partial charge in [0.25, 0.3) is 5.91 Å². The molecule has 1 N–H and O–H groups in total. The highest BCUT2D eigenvalue weighted by Gasteiger charge is 2.10. The van der Waals surface area contributed by atoms with Crippen LogP contribution in [0.5, 0.6) is 5.75 Å². The summed E-state index contributed by atoms with van der Waals surface area (Å²) >= 11 is 0. The number of amides is 1. The van der Waals surface area contributed by atoms with E-state index in [1.54, 1.807) is 31.4 Å². The summed E-state index contributed by atoms with van der Waals surface area (Å²) < 4.78 is 5.14. The van der Waals surface area contributed by atoms with Crippen molar-refractivity contribution in [1.82, 2.24) is 0 Å². The molecule has 0 bridgehead atoms. The monoisotopic (exact) mass is 306 g/mol. The minimum absolute atomic E-state index is 0.0384. The Balaban J connectivity index is 2.22. The molecular weight excluding hydrogens is 288 g/mol. The van der Waals surface area contributed by atoms with Crippen LogP contribution in [-0.2, 0) is 4.79 Å². The van der Waals surface area contributed by atoms with Crippen molar-refractivity contribution in [2.45, 2.75) is 13.8 Å². The normalized spacial score (nSPS) is 10.8. The van der Waals surface area contributed by atoms with Crippen molar-refractivity contribution in [2.24, 2.45) is 0 Å². The van der Waals surface area contributed by atoms with E-state index < -0.39 is 5.91 Å². The number of nitrogens with zero attached hydrogens (tertiary/aromatic N) is 1. The predicted molar refractivity (Wildman–Crippen MR) is 91.1 cm³/mol. The Kier molecular flexibility index (Phi) is 5.16. The SMILES string of the molecule is COc1cccc(C=C(C#N)C(=O)Nc2ccc(C)c(C)c2)c1. The zero-order valence-corrected chi connectivity index (χ0v) is 13.4. The van der Waals surface area contributed by atoms with E-state index in [-0.39, 0.29) is 5.57 Å². The molecule has 0 saturated carbocycles. The van der Waals surface area contributed by atoms with Crippen molar-refractivity contribution in [2.75, 3.05) is 12.4 Å². The molecule has 4 heteroatoms. The minimum Gasteiger partial charge on any atom is -0.497 e. The summed E-state index contributed by atoms with van der Waals surface area (Å²) in [7, 11) is 1.57. The standard InChI is InChI=1S/C19H18N2O2/c1-13-7-8-17(9-14(13)2)21-19(22)16(12-20)10-15-5-4-6-18(11-15)23-3/h4-11H,1-3H3,(H,21,22). The highest BCUT2D eigenvalue weighted by molar-refractivity contribution is 6.09. The number of methoxy groups -OCH3 is 1. The fourth-order valence-electron chi connectivity index (χ4n) is 2.06. The van der Waals surface area contributed by atoms with Crippen molar-refractivity contribution in [1.29, 1.82) is 5.26 Å². The van der Waals surface area contributed by atoms with Crippen LogP contribution in [0.15, 0.2) is 48.0 Å². The average molecular weight is 306 g/mol. The Labute approximate surface area is 136 Å². The Bertz CT molecular complexity index is 801. The highest BCUT2D eigenvalue weighted by Crippen LogP contribution is 2.17. The van der Waals surface area contributed by atoms with Gasteiger partial charge in [-0.15, -0.1) is 0 Å². The van der Waals surface area contributed by atoms with Gasteiger partial charge in [0.1, 0.15) is 17.4 Å².